The van der Waals surface area contributed by atoms with E-state index in [1.807, 2.05) is 6.07 Å². The average molecular weight is 339 g/mol. The predicted octanol–water partition coefficient (Wildman–Crippen LogP) is 4.12. The molecule has 1 fully saturated rings. The Labute approximate surface area is 129 Å². The lowest BCUT2D eigenvalue weighted by molar-refractivity contribution is 0.0924. The molecule has 0 aliphatic heterocycles. The van der Waals surface area contributed by atoms with Crippen molar-refractivity contribution in [3.8, 4) is 0 Å². The number of halogens is 1. The number of hydrogen-bond donors (Lipinski definition) is 2. The fraction of sp³-hybridized carbons (Fsp3) is 0.562. The van der Waals surface area contributed by atoms with Crippen molar-refractivity contribution in [2.24, 2.45) is 5.92 Å². The molecular weight excluding hydrogens is 316 g/mol. The standard InChI is InChI=1S/C16H23BrN2O/c1-11(12-6-4-2-3-5-7-12)19-16(20)13-8-14(17)10-15(18)9-13/h8-12H,2-7,18H2,1H3,(H,19,20)/t11-/m1/s1. The molecule has 3 nitrogen and oxygen atoms in total. The molecule has 2 rings (SSSR count). The number of nitrogens with two attached hydrogens (primary N) is 1. The van der Waals surface area contributed by atoms with Crippen LogP contribution in [0.2, 0.25) is 0 Å². The monoisotopic (exact) mass is 338 g/mol. The van der Waals surface area contributed by atoms with E-state index in [9.17, 15) is 4.79 Å². The Hall–Kier alpha value is -1.03. The first-order chi connectivity index (χ1) is 9.56. The second kappa shape index (κ2) is 7.11. The Bertz CT molecular complexity index is 447. The number of rotatable bonds is 3. The van der Waals surface area contributed by atoms with Crippen molar-refractivity contribution >= 4 is 27.5 Å². The number of hydrogen-bond acceptors (Lipinski definition) is 2. The van der Waals surface area contributed by atoms with E-state index in [1.54, 1.807) is 12.1 Å². The quantitative estimate of drug-likeness (QED) is 0.643. The molecule has 1 aromatic rings. The van der Waals surface area contributed by atoms with Crippen LogP contribution < -0.4 is 11.1 Å². The van der Waals surface area contributed by atoms with Gasteiger partial charge >= 0.3 is 0 Å². The summed E-state index contributed by atoms with van der Waals surface area (Å²) in [5, 5.41) is 3.13. The minimum absolute atomic E-state index is 0.0326. The molecule has 1 aliphatic rings. The molecule has 20 heavy (non-hydrogen) atoms. The molecule has 1 aromatic carbocycles. The lowest BCUT2D eigenvalue weighted by Gasteiger charge is -2.23. The zero-order valence-corrected chi connectivity index (χ0v) is 13.6. The van der Waals surface area contributed by atoms with Crippen LogP contribution in [0.5, 0.6) is 0 Å². The van der Waals surface area contributed by atoms with Gasteiger partial charge in [0.2, 0.25) is 0 Å². The lowest BCUT2D eigenvalue weighted by Crippen LogP contribution is -2.38. The van der Waals surface area contributed by atoms with Crippen molar-refractivity contribution < 1.29 is 4.79 Å². The third-order valence-electron chi connectivity index (χ3n) is 4.15. The van der Waals surface area contributed by atoms with Crippen molar-refractivity contribution in [1.82, 2.24) is 5.32 Å². The molecule has 0 unspecified atom stereocenters. The molecule has 0 radical (unpaired) electrons. The van der Waals surface area contributed by atoms with E-state index in [0.717, 1.165) is 4.47 Å². The van der Waals surface area contributed by atoms with Crippen molar-refractivity contribution in [3.63, 3.8) is 0 Å². The van der Waals surface area contributed by atoms with E-state index in [-0.39, 0.29) is 11.9 Å². The summed E-state index contributed by atoms with van der Waals surface area (Å²) >= 11 is 3.37. The van der Waals surface area contributed by atoms with E-state index in [0.29, 0.717) is 17.2 Å². The number of amides is 1. The minimum Gasteiger partial charge on any atom is -0.399 e. The van der Waals surface area contributed by atoms with Crippen LogP contribution >= 0.6 is 15.9 Å². The number of carbonyl (C=O) groups excluding carboxylic acids is 1. The van der Waals surface area contributed by atoms with Gasteiger partial charge in [-0.15, -0.1) is 0 Å². The SMILES string of the molecule is C[C@@H](NC(=O)c1cc(N)cc(Br)c1)C1CCCCCC1. The Morgan fingerprint density at radius 2 is 1.90 bits per heavy atom. The average Bonchev–Trinajstić information content (AvgIpc) is 2.66. The van der Waals surface area contributed by atoms with Gasteiger partial charge in [0, 0.05) is 21.8 Å². The fourth-order valence-electron chi connectivity index (χ4n) is 2.96. The molecule has 3 N–H and O–H groups in total. The fourth-order valence-corrected chi connectivity index (χ4v) is 3.47. The van der Waals surface area contributed by atoms with Gasteiger partial charge in [0.25, 0.3) is 5.91 Å². The van der Waals surface area contributed by atoms with E-state index in [4.69, 9.17) is 5.73 Å². The number of benzene rings is 1. The number of anilines is 1. The third-order valence-corrected chi connectivity index (χ3v) is 4.61. The first-order valence-electron chi connectivity index (χ1n) is 7.43. The smallest absolute Gasteiger partial charge is 0.251 e. The first kappa shape index (κ1) is 15.4. The van der Waals surface area contributed by atoms with Crippen LogP contribution in [0.4, 0.5) is 5.69 Å². The predicted molar refractivity (Wildman–Crippen MR) is 86.7 cm³/mol. The Kier molecular flexibility index (Phi) is 5.46. The number of nitrogen functional groups attached to an aromatic ring is 1. The van der Waals surface area contributed by atoms with E-state index in [1.165, 1.54) is 38.5 Å². The highest BCUT2D eigenvalue weighted by atomic mass is 79.9. The van der Waals surface area contributed by atoms with Crippen LogP contribution in [0.25, 0.3) is 0 Å². The second-order valence-electron chi connectivity index (χ2n) is 5.79. The van der Waals surface area contributed by atoms with Gasteiger partial charge in [-0.1, -0.05) is 41.6 Å². The Morgan fingerprint density at radius 3 is 2.50 bits per heavy atom. The highest BCUT2D eigenvalue weighted by Gasteiger charge is 2.21. The van der Waals surface area contributed by atoms with Gasteiger partial charge in [-0.2, -0.15) is 0 Å². The molecule has 1 amide bonds. The van der Waals surface area contributed by atoms with Crippen LogP contribution in [0.3, 0.4) is 0 Å². The highest BCUT2D eigenvalue weighted by Crippen LogP contribution is 2.26. The highest BCUT2D eigenvalue weighted by molar-refractivity contribution is 9.10. The molecular formula is C16H23BrN2O. The summed E-state index contributed by atoms with van der Waals surface area (Å²) in [7, 11) is 0. The Morgan fingerprint density at radius 1 is 1.25 bits per heavy atom. The molecule has 0 heterocycles. The van der Waals surface area contributed by atoms with Gasteiger partial charge in [-0.3, -0.25) is 4.79 Å². The molecule has 1 atom stereocenters. The molecule has 0 saturated heterocycles. The molecule has 110 valence electrons. The van der Waals surface area contributed by atoms with Crippen LogP contribution in [-0.2, 0) is 0 Å². The number of carbonyl (C=O) groups is 1. The van der Waals surface area contributed by atoms with Gasteiger partial charge in [0.05, 0.1) is 0 Å². The first-order valence-corrected chi connectivity index (χ1v) is 8.22. The molecule has 1 aliphatic carbocycles. The maximum absolute atomic E-state index is 12.3. The molecule has 1 saturated carbocycles. The van der Waals surface area contributed by atoms with E-state index in [2.05, 4.69) is 28.2 Å². The van der Waals surface area contributed by atoms with E-state index < -0.39 is 0 Å². The zero-order chi connectivity index (χ0) is 14.5. The summed E-state index contributed by atoms with van der Waals surface area (Å²) in [6.45, 7) is 2.12. The zero-order valence-electron chi connectivity index (χ0n) is 12.0. The van der Waals surface area contributed by atoms with Crippen LogP contribution in [0.1, 0.15) is 55.8 Å². The third kappa shape index (κ3) is 4.23. The van der Waals surface area contributed by atoms with Crippen molar-refractivity contribution in [2.45, 2.75) is 51.5 Å². The van der Waals surface area contributed by atoms with Gasteiger partial charge in [-0.05, 0) is 43.9 Å². The summed E-state index contributed by atoms with van der Waals surface area (Å²) in [4.78, 5) is 12.3. The summed E-state index contributed by atoms with van der Waals surface area (Å²) in [5.41, 5.74) is 7.01. The van der Waals surface area contributed by atoms with Crippen molar-refractivity contribution in [1.29, 1.82) is 0 Å². The van der Waals surface area contributed by atoms with E-state index >= 15 is 0 Å². The summed E-state index contributed by atoms with van der Waals surface area (Å²) < 4.78 is 0.838. The van der Waals surface area contributed by atoms with Crippen molar-refractivity contribution in [2.75, 3.05) is 5.73 Å². The van der Waals surface area contributed by atoms with Gasteiger partial charge in [0.1, 0.15) is 0 Å². The second-order valence-corrected chi connectivity index (χ2v) is 6.70. The van der Waals surface area contributed by atoms with Gasteiger partial charge < -0.3 is 11.1 Å². The largest absolute Gasteiger partial charge is 0.399 e. The van der Waals surface area contributed by atoms with Gasteiger partial charge in [-0.25, -0.2) is 0 Å². The molecule has 0 spiro atoms. The van der Waals surface area contributed by atoms with Crippen LogP contribution in [0.15, 0.2) is 22.7 Å². The normalized spacial score (nSPS) is 18.3. The lowest BCUT2D eigenvalue weighted by atomic mass is 9.93. The summed E-state index contributed by atoms with van der Waals surface area (Å²) in [6, 6.07) is 5.55. The molecule has 4 heteroatoms. The topological polar surface area (TPSA) is 55.1 Å². The Balaban J connectivity index is 1.99. The maximum Gasteiger partial charge on any atom is 0.251 e. The van der Waals surface area contributed by atoms with Gasteiger partial charge in [0.15, 0.2) is 0 Å². The summed E-state index contributed by atoms with van der Waals surface area (Å²) in [6.07, 6.45) is 7.69. The van der Waals surface area contributed by atoms with Crippen LogP contribution in [0, 0.1) is 5.92 Å². The van der Waals surface area contributed by atoms with Crippen molar-refractivity contribution in [3.05, 3.63) is 28.2 Å². The molecule has 0 bridgehead atoms. The minimum atomic E-state index is -0.0326. The van der Waals surface area contributed by atoms with Crippen LogP contribution in [-0.4, -0.2) is 11.9 Å². The maximum atomic E-state index is 12.3. The molecule has 0 aromatic heterocycles. The summed E-state index contributed by atoms with van der Waals surface area (Å²) in [5.74, 6) is 0.570. The number of nitrogens with one attached hydrogen (secondary N) is 1.